The van der Waals surface area contributed by atoms with E-state index in [0.717, 1.165) is 18.7 Å². The molecule has 1 aliphatic rings. The topological polar surface area (TPSA) is 54.0 Å². The molecule has 2 N–H and O–H groups in total. The molecule has 0 aliphatic carbocycles. The second kappa shape index (κ2) is 5.27. The summed E-state index contributed by atoms with van der Waals surface area (Å²) in [5.74, 6) is 0.658. The first-order valence-electron chi connectivity index (χ1n) is 6.09. The quantitative estimate of drug-likeness (QED) is 0.822. The largest absolute Gasteiger partial charge is 0.349 e. The minimum Gasteiger partial charge on any atom is -0.349 e. The van der Waals surface area contributed by atoms with Crippen molar-refractivity contribution in [2.45, 2.75) is 19.9 Å². The van der Waals surface area contributed by atoms with Crippen molar-refractivity contribution in [1.29, 1.82) is 0 Å². The molecule has 0 radical (unpaired) electrons. The van der Waals surface area contributed by atoms with Crippen molar-refractivity contribution in [3.63, 3.8) is 0 Å². The van der Waals surface area contributed by atoms with Crippen LogP contribution >= 0.6 is 0 Å². The summed E-state index contributed by atoms with van der Waals surface area (Å²) < 4.78 is 0. The number of nitrogens with zero attached hydrogens (tertiary/aromatic N) is 1. The predicted octanol–water partition coefficient (Wildman–Crippen LogP) is 1.11. The molecule has 0 spiro atoms. The minimum absolute atomic E-state index is 0.0401. The maximum absolute atomic E-state index is 12.1. The van der Waals surface area contributed by atoms with Gasteiger partial charge in [-0.1, -0.05) is 6.92 Å². The number of amides is 1. The molecule has 0 unspecified atom stereocenters. The molecular weight excluding hydrogens is 214 g/mol. The minimum atomic E-state index is 0.0401. The fourth-order valence-corrected chi connectivity index (χ4v) is 2.22. The Balaban J connectivity index is 1.95. The number of pyridine rings is 1. The first-order valence-corrected chi connectivity index (χ1v) is 6.09. The van der Waals surface area contributed by atoms with E-state index in [0.29, 0.717) is 5.92 Å². The van der Waals surface area contributed by atoms with Gasteiger partial charge in [-0.05, 0) is 37.1 Å². The Kier molecular flexibility index (Phi) is 3.74. The summed E-state index contributed by atoms with van der Waals surface area (Å²) in [6.45, 7) is 5.83. The molecule has 92 valence electrons. The lowest BCUT2D eigenvalue weighted by Gasteiger charge is -2.19. The van der Waals surface area contributed by atoms with E-state index >= 15 is 0 Å². The summed E-state index contributed by atoms with van der Waals surface area (Å²) in [6, 6.07) is 3.90. The van der Waals surface area contributed by atoms with Crippen LogP contribution in [0, 0.1) is 11.8 Å². The van der Waals surface area contributed by atoms with Crippen LogP contribution in [0.4, 0.5) is 0 Å². The predicted molar refractivity (Wildman–Crippen MR) is 66.3 cm³/mol. The molecule has 4 nitrogen and oxygen atoms in total. The second-order valence-corrected chi connectivity index (χ2v) is 4.75. The van der Waals surface area contributed by atoms with Crippen LogP contribution in [-0.4, -0.2) is 24.0 Å². The average molecular weight is 233 g/mol. The Morgan fingerprint density at radius 1 is 1.47 bits per heavy atom. The summed E-state index contributed by atoms with van der Waals surface area (Å²) >= 11 is 0. The molecule has 4 heteroatoms. The summed E-state index contributed by atoms with van der Waals surface area (Å²) in [5.41, 5.74) is 1.09. The summed E-state index contributed by atoms with van der Waals surface area (Å²) in [4.78, 5) is 16.0. The number of carbonyl (C=O) groups is 1. The lowest BCUT2D eigenvalue weighted by Crippen LogP contribution is -2.35. The van der Waals surface area contributed by atoms with Crippen LogP contribution < -0.4 is 10.6 Å². The molecule has 1 aromatic rings. The van der Waals surface area contributed by atoms with Crippen LogP contribution in [0.2, 0.25) is 0 Å². The zero-order valence-corrected chi connectivity index (χ0v) is 10.3. The molecule has 2 heterocycles. The van der Waals surface area contributed by atoms with Crippen molar-refractivity contribution in [3.05, 3.63) is 30.1 Å². The first kappa shape index (κ1) is 12.0. The summed E-state index contributed by atoms with van der Waals surface area (Å²) in [5, 5.41) is 6.31. The van der Waals surface area contributed by atoms with Crippen LogP contribution in [0.15, 0.2) is 24.5 Å². The molecule has 17 heavy (non-hydrogen) atoms. The molecule has 1 amide bonds. The standard InChI is InChI=1S/C13H19N3O/c1-9-7-15-8-12(9)13(17)16-10(2)11-3-5-14-6-4-11/h3-6,9-10,12,15H,7-8H2,1-2H3,(H,16,17)/t9-,10-,12-/m1/s1. The lowest BCUT2D eigenvalue weighted by atomic mass is 9.96. The molecule has 1 aromatic heterocycles. The van der Waals surface area contributed by atoms with Gasteiger partial charge < -0.3 is 10.6 Å². The van der Waals surface area contributed by atoms with Gasteiger partial charge in [0.25, 0.3) is 0 Å². The normalized spacial score (nSPS) is 25.5. The Hall–Kier alpha value is -1.42. The van der Waals surface area contributed by atoms with Crippen molar-refractivity contribution in [2.75, 3.05) is 13.1 Å². The third kappa shape index (κ3) is 2.82. The van der Waals surface area contributed by atoms with Crippen molar-refractivity contribution >= 4 is 5.91 Å². The SMILES string of the molecule is C[C@@H]1CNC[C@H]1C(=O)N[C@H](C)c1ccncc1. The third-order valence-corrected chi connectivity index (χ3v) is 3.42. The number of hydrogen-bond donors (Lipinski definition) is 2. The van der Waals surface area contributed by atoms with E-state index in [1.807, 2.05) is 19.1 Å². The molecule has 1 saturated heterocycles. The van der Waals surface area contributed by atoms with E-state index in [1.54, 1.807) is 12.4 Å². The number of nitrogens with one attached hydrogen (secondary N) is 2. The summed E-state index contributed by atoms with van der Waals surface area (Å²) in [6.07, 6.45) is 3.50. The van der Waals surface area contributed by atoms with E-state index in [9.17, 15) is 4.79 Å². The van der Waals surface area contributed by atoms with Crippen LogP contribution in [0.5, 0.6) is 0 Å². The first-order chi connectivity index (χ1) is 8.18. The van der Waals surface area contributed by atoms with Gasteiger partial charge in [0.15, 0.2) is 0 Å². The van der Waals surface area contributed by atoms with Crippen molar-refractivity contribution < 1.29 is 4.79 Å². The highest BCUT2D eigenvalue weighted by molar-refractivity contribution is 5.80. The molecule has 0 saturated carbocycles. The monoisotopic (exact) mass is 233 g/mol. The maximum Gasteiger partial charge on any atom is 0.225 e. The van der Waals surface area contributed by atoms with E-state index in [2.05, 4.69) is 22.5 Å². The maximum atomic E-state index is 12.1. The van der Waals surface area contributed by atoms with Crippen molar-refractivity contribution in [1.82, 2.24) is 15.6 Å². The van der Waals surface area contributed by atoms with Gasteiger partial charge in [-0.3, -0.25) is 9.78 Å². The Morgan fingerprint density at radius 2 is 2.18 bits per heavy atom. The molecule has 0 bridgehead atoms. The number of rotatable bonds is 3. The number of aromatic nitrogens is 1. The van der Waals surface area contributed by atoms with Gasteiger partial charge in [0.05, 0.1) is 12.0 Å². The Bertz CT molecular complexity index is 380. The molecule has 0 aromatic carbocycles. The van der Waals surface area contributed by atoms with E-state index < -0.39 is 0 Å². The van der Waals surface area contributed by atoms with Crippen molar-refractivity contribution in [3.8, 4) is 0 Å². The number of hydrogen-bond acceptors (Lipinski definition) is 3. The average Bonchev–Trinajstić information content (AvgIpc) is 2.76. The molecule has 3 atom stereocenters. The second-order valence-electron chi connectivity index (χ2n) is 4.75. The highest BCUT2D eigenvalue weighted by Crippen LogP contribution is 2.18. The fourth-order valence-electron chi connectivity index (χ4n) is 2.22. The van der Waals surface area contributed by atoms with E-state index in [-0.39, 0.29) is 17.9 Å². The van der Waals surface area contributed by atoms with Crippen LogP contribution in [0.1, 0.15) is 25.5 Å². The smallest absolute Gasteiger partial charge is 0.225 e. The molecule has 1 aliphatic heterocycles. The zero-order chi connectivity index (χ0) is 12.3. The molecular formula is C13H19N3O. The van der Waals surface area contributed by atoms with Gasteiger partial charge in [-0.15, -0.1) is 0 Å². The number of carbonyl (C=O) groups excluding carboxylic acids is 1. The van der Waals surface area contributed by atoms with Gasteiger partial charge in [0.1, 0.15) is 0 Å². The highest BCUT2D eigenvalue weighted by Gasteiger charge is 2.30. The Labute approximate surface area is 102 Å². The molecule has 2 rings (SSSR count). The fraction of sp³-hybridized carbons (Fsp3) is 0.538. The van der Waals surface area contributed by atoms with E-state index in [1.165, 1.54) is 0 Å². The third-order valence-electron chi connectivity index (χ3n) is 3.42. The Morgan fingerprint density at radius 3 is 2.76 bits per heavy atom. The highest BCUT2D eigenvalue weighted by atomic mass is 16.2. The molecule has 1 fully saturated rings. The van der Waals surface area contributed by atoms with Gasteiger partial charge in [-0.2, -0.15) is 0 Å². The van der Waals surface area contributed by atoms with E-state index in [4.69, 9.17) is 0 Å². The van der Waals surface area contributed by atoms with Gasteiger partial charge in [0, 0.05) is 18.9 Å². The van der Waals surface area contributed by atoms with Crippen LogP contribution in [-0.2, 0) is 4.79 Å². The van der Waals surface area contributed by atoms with Crippen LogP contribution in [0.25, 0.3) is 0 Å². The zero-order valence-electron chi connectivity index (χ0n) is 10.3. The van der Waals surface area contributed by atoms with Gasteiger partial charge >= 0.3 is 0 Å². The summed E-state index contributed by atoms with van der Waals surface area (Å²) in [7, 11) is 0. The van der Waals surface area contributed by atoms with Gasteiger partial charge in [0.2, 0.25) is 5.91 Å². The van der Waals surface area contributed by atoms with Gasteiger partial charge in [-0.25, -0.2) is 0 Å². The lowest BCUT2D eigenvalue weighted by molar-refractivity contribution is -0.126. The van der Waals surface area contributed by atoms with Crippen molar-refractivity contribution in [2.24, 2.45) is 11.8 Å². The van der Waals surface area contributed by atoms with Crippen LogP contribution in [0.3, 0.4) is 0 Å².